The summed E-state index contributed by atoms with van der Waals surface area (Å²) in [5.74, 6) is 1.46. The van der Waals surface area contributed by atoms with E-state index in [0.717, 1.165) is 48.1 Å². The smallest absolute Gasteiger partial charge is 0.287 e. The number of anilines is 1. The van der Waals surface area contributed by atoms with Gasteiger partial charge in [-0.3, -0.25) is 15.2 Å². The predicted molar refractivity (Wildman–Crippen MR) is 132 cm³/mol. The van der Waals surface area contributed by atoms with E-state index in [-0.39, 0.29) is 11.6 Å². The molecule has 2 aromatic carbocycles. The Morgan fingerprint density at radius 2 is 1.89 bits per heavy atom. The second-order valence-corrected chi connectivity index (χ2v) is 8.57. The summed E-state index contributed by atoms with van der Waals surface area (Å²) in [5.41, 5.74) is 4.43. The van der Waals surface area contributed by atoms with Gasteiger partial charge < -0.3 is 19.5 Å². The maximum absolute atomic E-state index is 10.8. The second kappa shape index (κ2) is 8.37. The van der Waals surface area contributed by atoms with Crippen LogP contribution in [0, 0.1) is 10.1 Å². The van der Waals surface area contributed by atoms with Gasteiger partial charge in [-0.15, -0.1) is 0 Å². The molecule has 1 fully saturated rings. The summed E-state index contributed by atoms with van der Waals surface area (Å²) in [7, 11) is 2.15. The van der Waals surface area contributed by atoms with Gasteiger partial charge in [-0.05, 0) is 43.4 Å². The van der Waals surface area contributed by atoms with Crippen LogP contribution in [0.5, 0.6) is 11.6 Å². The molecule has 2 N–H and O–H groups in total. The molecule has 35 heavy (non-hydrogen) atoms. The van der Waals surface area contributed by atoms with Crippen LogP contribution in [0.2, 0.25) is 0 Å². The van der Waals surface area contributed by atoms with Crippen molar-refractivity contribution in [3.05, 3.63) is 64.8 Å². The Labute approximate surface area is 199 Å². The number of rotatable bonds is 5. The largest absolute Gasteiger partial charge is 0.439 e. The molecule has 0 spiro atoms. The monoisotopic (exact) mass is 470 g/mol. The zero-order valence-corrected chi connectivity index (χ0v) is 18.9. The molecule has 0 atom stereocenters. The van der Waals surface area contributed by atoms with Gasteiger partial charge in [0.25, 0.3) is 5.69 Å². The number of aromatic nitrogens is 5. The van der Waals surface area contributed by atoms with Crippen molar-refractivity contribution in [2.45, 2.75) is 0 Å². The first-order valence-electron chi connectivity index (χ1n) is 11.2. The van der Waals surface area contributed by atoms with E-state index in [0.29, 0.717) is 17.3 Å². The SMILES string of the molecule is CN1CCN(c2ccc3nc(-c4n[nH]c5ccc(Oc6ccc([N+](=O)[O-])cn6)cc45)[nH]c3c2)CC1. The number of aromatic amines is 2. The number of pyridine rings is 1. The quantitative estimate of drug-likeness (QED) is 0.292. The number of fused-ring (bicyclic) bond motifs is 2. The highest BCUT2D eigenvalue weighted by molar-refractivity contribution is 5.94. The number of likely N-dealkylation sites (N-methyl/N-ethyl adjacent to an activating group) is 1. The van der Waals surface area contributed by atoms with Gasteiger partial charge >= 0.3 is 0 Å². The second-order valence-electron chi connectivity index (χ2n) is 8.57. The Morgan fingerprint density at radius 3 is 2.66 bits per heavy atom. The highest BCUT2D eigenvalue weighted by Crippen LogP contribution is 2.31. The van der Waals surface area contributed by atoms with Crippen LogP contribution in [0.1, 0.15) is 0 Å². The van der Waals surface area contributed by atoms with Crippen molar-refractivity contribution < 1.29 is 9.66 Å². The average Bonchev–Trinajstić information content (AvgIpc) is 3.48. The van der Waals surface area contributed by atoms with E-state index in [2.05, 4.69) is 49.1 Å². The highest BCUT2D eigenvalue weighted by atomic mass is 16.6. The molecule has 1 aliphatic rings. The van der Waals surface area contributed by atoms with Crippen molar-refractivity contribution >= 4 is 33.3 Å². The zero-order chi connectivity index (χ0) is 23.9. The highest BCUT2D eigenvalue weighted by Gasteiger charge is 2.17. The normalized spacial score (nSPS) is 14.6. The van der Waals surface area contributed by atoms with Gasteiger partial charge in [0.15, 0.2) is 5.82 Å². The fraction of sp³-hybridized carbons (Fsp3) is 0.208. The molecule has 0 unspecified atom stereocenters. The number of nitro groups is 1. The van der Waals surface area contributed by atoms with Gasteiger partial charge in [0.1, 0.15) is 17.6 Å². The summed E-state index contributed by atoms with van der Waals surface area (Å²) in [4.78, 5) is 27.3. The number of benzene rings is 2. The molecule has 5 aromatic rings. The van der Waals surface area contributed by atoms with Gasteiger partial charge in [0, 0.05) is 49.4 Å². The van der Waals surface area contributed by atoms with E-state index < -0.39 is 4.92 Å². The summed E-state index contributed by atoms with van der Waals surface area (Å²) >= 11 is 0. The number of hydrogen-bond donors (Lipinski definition) is 2. The first kappa shape index (κ1) is 21.1. The molecule has 0 aliphatic carbocycles. The Kier molecular flexibility index (Phi) is 5.03. The van der Waals surface area contributed by atoms with Gasteiger partial charge in [0.2, 0.25) is 5.88 Å². The number of H-pyrrole nitrogens is 2. The molecule has 0 bridgehead atoms. The summed E-state index contributed by atoms with van der Waals surface area (Å²) in [6.45, 7) is 4.09. The number of nitrogens with one attached hydrogen (secondary N) is 2. The fourth-order valence-corrected chi connectivity index (χ4v) is 4.27. The summed E-state index contributed by atoms with van der Waals surface area (Å²) in [6, 6.07) is 14.6. The lowest BCUT2D eigenvalue weighted by molar-refractivity contribution is -0.385. The number of nitrogens with zero attached hydrogens (tertiary/aromatic N) is 6. The lowest BCUT2D eigenvalue weighted by Gasteiger charge is -2.34. The minimum absolute atomic E-state index is 0.0920. The minimum atomic E-state index is -0.498. The molecule has 176 valence electrons. The Hall–Kier alpha value is -4.51. The van der Waals surface area contributed by atoms with E-state index in [1.165, 1.54) is 24.0 Å². The lowest BCUT2D eigenvalue weighted by atomic mass is 10.2. The molecule has 3 aromatic heterocycles. The zero-order valence-electron chi connectivity index (χ0n) is 18.9. The first-order valence-corrected chi connectivity index (χ1v) is 11.2. The Balaban J connectivity index is 1.30. The van der Waals surface area contributed by atoms with E-state index in [1.54, 1.807) is 6.07 Å². The maximum Gasteiger partial charge on any atom is 0.287 e. The number of hydrogen-bond acceptors (Lipinski definition) is 8. The Bertz CT molecular complexity index is 1530. The molecule has 0 saturated carbocycles. The molecule has 0 radical (unpaired) electrons. The molecule has 6 rings (SSSR count). The third-order valence-electron chi connectivity index (χ3n) is 6.25. The minimum Gasteiger partial charge on any atom is -0.439 e. The van der Waals surface area contributed by atoms with Crippen molar-refractivity contribution in [2.75, 3.05) is 38.1 Å². The number of ether oxygens (including phenoxy) is 1. The fourth-order valence-electron chi connectivity index (χ4n) is 4.27. The van der Waals surface area contributed by atoms with Gasteiger partial charge in [0.05, 0.1) is 21.5 Å². The van der Waals surface area contributed by atoms with Crippen LogP contribution in [-0.2, 0) is 0 Å². The molecule has 11 nitrogen and oxygen atoms in total. The average molecular weight is 470 g/mol. The van der Waals surface area contributed by atoms with E-state index in [9.17, 15) is 10.1 Å². The molecule has 11 heteroatoms. The van der Waals surface area contributed by atoms with Crippen molar-refractivity contribution in [3.8, 4) is 23.1 Å². The lowest BCUT2D eigenvalue weighted by Crippen LogP contribution is -2.44. The standard InChI is InChI=1S/C24H22N8O3/c1-30-8-10-31(11-9-30)15-2-5-20-21(12-15)27-24(26-20)23-18-13-17(4-6-19(18)28-29-23)35-22-7-3-16(14-25-22)32(33)34/h2-7,12-14H,8-11H2,1H3,(H,26,27)(H,28,29). The van der Waals surface area contributed by atoms with E-state index >= 15 is 0 Å². The molecule has 1 saturated heterocycles. The summed E-state index contributed by atoms with van der Waals surface area (Å²) in [5, 5.41) is 19.2. The predicted octanol–water partition coefficient (Wildman–Crippen LogP) is 3.95. The van der Waals surface area contributed by atoms with Crippen LogP contribution in [0.3, 0.4) is 0 Å². The van der Waals surface area contributed by atoms with Crippen LogP contribution in [0.15, 0.2) is 54.7 Å². The third-order valence-corrected chi connectivity index (χ3v) is 6.25. The van der Waals surface area contributed by atoms with Crippen LogP contribution in [-0.4, -0.2) is 68.2 Å². The number of piperazine rings is 1. The van der Waals surface area contributed by atoms with Crippen molar-refractivity contribution in [1.82, 2.24) is 30.0 Å². The van der Waals surface area contributed by atoms with Crippen LogP contribution >= 0.6 is 0 Å². The molecular formula is C24H22N8O3. The molecule has 0 amide bonds. The van der Waals surface area contributed by atoms with E-state index in [4.69, 9.17) is 9.72 Å². The van der Waals surface area contributed by atoms with Gasteiger partial charge in [-0.25, -0.2) is 9.97 Å². The van der Waals surface area contributed by atoms with Crippen LogP contribution in [0.4, 0.5) is 11.4 Å². The summed E-state index contributed by atoms with van der Waals surface area (Å²) < 4.78 is 5.82. The third kappa shape index (κ3) is 4.02. The van der Waals surface area contributed by atoms with Crippen LogP contribution < -0.4 is 9.64 Å². The first-order chi connectivity index (χ1) is 17.0. The van der Waals surface area contributed by atoms with Crippen LogP contribution in [0.25, 0.3) is 33.5 Å². The van der Waals surface area contributed by atoms with Crippen molar-refractivity contribution in [3.63, 3.8) is 0 Å². The van der Waals surface area contributed by atoms with Crippen molar-refractivity contribution in [2.24, 2.45) is 0 Å². The van der Waals surface area contributed by atoms with Gasteiger partial charge in [-0.2, -0.15) is 5.10 Å². The van der Waals surface area contributed by atoms with Crippen molar-refractivity contribution in [1.29, 1.82) is 0 Å². The van der Waals surface area contributed by atoms with Gasteiger partial charge in [-0.1, -0.05) is 0 Å². The molecular weight excluding hydrogens is 448 g/mol. The Morgan fingerprint density at radius 1 is 1.03 bits per heavy atom. The van der Waals surface area contributed by atoms with E-state index in [1.807, 2.05) is 18.2 Å². The summed E-state index contributed by atoms with van der Waals surface area (Å²) in [6.07, 6.45) is 1.17. The topological polar surface area (TPSA) is 129 Å². The molecule has 4 heterocycles. The number of imidazole rings is 1. The molecule has 1 aliphatic heterocycles. The maximum atomic E-state index is 10.8.